The highest BCUT2D eigenvalue weighted by molar-refractivity contribution is 6.61. The van der Waals surface area contributed by atoms with E-state index < -0.39 is 14.8 Å². The molecule has 0 aromatic heterocycles. The van der Waals surface area contributed by atoms with Gasteiger partial charge >= 0.3 is 20.8 Å². The van der Waals surface area contributed by atoms with Crippen molar-refractivity contribution < 1.29 is 27.6 Å². The summed E-state index contributed by atoms with van der Waals surface area (Å²) >= 11 is 0. The van der Waals surface area contributed by atoms with E-state index in [9.17, 15) is 9.59 Å². The molecule has 1 aliphatic carbocycles. The summed E-state index contributed by atoms with van der Waals surface area (Å²) in [5, 5.41) is 2.84. The molecule has 1 N–H and O–H groups in total. The monoisotopic (exact) mass is 416 g/mol. The van der Waals surface area contributed by atoms with Crippen LogP contribution in [0, 0.1) is 0 Å². The van der Waals surface area contributed by atoms with Gasteiger partial charge in [0.05, 0.1) is 12.7 Å². The molecule has 1 saturated carbocycles. The molecule has 0 aromatic rings. The summed E-state index contributed by atoms with van der Waals surface area (Å²) in [6, 6.07) is -0.0877. The van der Waals surface area contributed by atoms with E-state index in [-0.39, 0.29) is 25.2 Å². The maximum absolute atomic E-state index is 13.0. The van der Waals surface area contributed by atoms with E-state index in [1.807, 2.05) is 25.7 Å². The molecule has 0 aromatic carbocycles. The average Bonchev–Trinajstić information content (AvgIpc) is 2.70. The topological polar surface area (TPSA) is 86.3 Å². The average molecular weight is 417 g/mol. The molecule has 0 spiro atoms. The van der Waals surface area contributed by atoms with Crippen molar-refractivity contribution in [2.75, 3.05) is 39.1 Å². The number of carbonyl (C=O) groups is 2. The van der Waals surface area contributed by atoms with Crippen molar-refractivity contribution in [3.63, 3.8) is 0 Å². The fourth-order valence-electron chi connectivity index (χ4n) is 3.36. The van der Waals surface area contributed by atoms with Crippen LogP contribution < -0.4 is 5.32 Å². The molecule has 0 saturated heterocycles. The SMILES string of the molecule is C=CC(=O)OCCNC(=O)N(C[Si](OCC)(OCC)OCC)C1CCCCC1. The second-order valence-electron chi connectivity index (χ2n) is 6.51. The van der Waals surface area contributed by atoms with Crippen molar-refractivity contribution in [3.05, 3.63) is 12.7 Å². The number of urea groups is 1. The molecule has 0 bridgehead atoms. The third-order valence-corrected chi connectivity index (χ3v) is 7.44. The van der Waals surface area contributed by atoms with Gasteiger partial charge in [-0.3, -0.25) is 0 Å². The first kappa shape index (κ1) is 24.6. The van der Waals surface area contributed by atoms with Crippen molar-refractivity contribution in [1.29, 1.82) is 0 Å². The number of nitrogens with one attached hydrogen (secondary N) is 1. The molecule has 0 aliphatic heterocycles. The Morgan fingerprint density at radius 1 is 1.07 bits per heavy atom. The van der Waals surface area contributed by atoms with E-state index in [2.05, 4.69) is 11.9 Å². The van der Waals surface area contributed by atoms with Crippen LogP contribution in [0.15, 0.2) is 12.7 Å². The first-order valence-corrected chi connectivity index (χ1v) is 12.2. The first-order valence-electron chi connectivity index (χ1n) is 10.3. The lowest BCUT2D eigenvalue weighted by molar-refractivity contribution is -0.137. The van der Waals surface area contributed by atoms with Crippen LogP contribution in [0.5, 0.6) is 0 Å². The highest BCUT2D eigenvalue weighted by Gasteiger charge is 2.45. The van der Waals surface area contributed by atoms with E-state index in [1.54, 1.807) is 0 Å². The van der Waals surface area contributed by atoms with Crippen LogP contribution in [-0.2, 0) is 22.8 Å². The zero-order valence-electron chi connectivity index (χ0n) is 17.5. The van der Waals surface area contributed by atoms with Gasteiger partial charge in [0.2, 0.25) is 0 Å². The van der Waals surface area contributed by atoms with Gasteiger partial charge in [0, 0.05) is 31.9 Å². The predicted octanol–water partition coefficient (Wildman–Crippen LogP) is 2.65. The van der Waals surface area contributed by atoms with E-state index >= 15 is 0 Å². The van der Waals surface area contributed by atoms with Crippen LogP contribution >= 0.6 is 0 Å². The maximum Gasteiger partial charge on any atom is 0.521 e. The van der Waals surface area contributed by atoms with Crippen LogP contribution in [0.2, 0.25) is 0 Å². The van der Waals surface area contributed by atoms with Gasteiger partial charge in [-0.1, -0.05) is 25.8 Å². The Morgan fingerprint density at radius 3 is 2.14 bits per heavy atom. The molecule has 0 heterocycles. The Labute approximate surface area is 169 Å². The molecule has 28 heavy (non-hydrogen) atoms. The summed E-state index contributed by atoms with van der Waals surface area (Å²) < 4.78 is 22.8. The zero-order chi connectivity index (χ0) is 20.8. The van der Waals surface area contributed by atoms with Crippen LogP contribution in [0.3, 0.4) is 0 Å². The van der Waals surface area contributed by atoms with Gasteiger partial charge in [-0.25, -0.2) is 9.59 Å². The third-order valence-electron chi connectivity index (χ3n) is 4.52. The molecule has 0 atom stereocenters. The first-order chi connectivity index (χ1) is 13.5. The lowest BCUT2D eigenvalue weighted by Gasteiger charge is -2.39. The second-order valence-corrected chi connectivity index (χ2v) is 9.05. The minimum Gasteiger partial charge on any atom is -0.461 e. The summed E-state index contributed by atoms with van der Waals surface area (Å²) in [5.41, 5.74) is 0. The summed E-state index contributed by atoms with van der Waals surface area (Å²) in [5.74, 6) is -0.506. The highest BCUT2D eigenvalue weighted by Crippen LogP contribution is 2.25. The predicted molar refractivity (Wildman–Crippen MR) is 109 cm³/mol. The van der Waals surface area contributed by atoms with Crippen molar-refractivity contribution in [2.24, 2.45) is 0 Å². The van der Waals surface area contributed by atoms with Gasteiger partial charge in [0.15, 0.2) is 0 Å². The van der Waals surface area contributed by atoms with Gasteiger partial charge in [-0.15, -0.1) is 0 Å². The Balaban J connectivity index is 2.85. The smallest absolute Gasteiger partial charge is 0.461 e. The lowest BCUT2D eigenvalue weighted by atomic mass is 9.95. The number of amides is 2. The molecule has 1 fully saturated rings. The molecule has 8 nitrogen and oxygen atoms in total. The summed E-state index contributed by atoms with van der Waals surface area (Å²) in [6.45, 7) is 10.8. The molecular weight excluding hydrogens is 380 g/mol. The summed E-state index contributed by atoms with van der Waals surface area (Å²) in [4.78, 5) is 25.9. The summed E-state index contributed by atoms with van der Waals surface area (Å²) in [6.07, 6.45) is 6.69. The van der Waals surface area contributed by atoms with Gasteiger partial charge in [0.25, 0.3) is 0 Å². The molecule has 9 heteroatoms. The lowest BCUT2D eigenvalue weighted by Crippen LogP contribution is -2.60. The van der Waals surface area contributed by atoms with Crippen LogP contribution in [0.1, 0.15) is 52.9 Å². The maximum atomic E-state index is 13.0. The van der Waals surface area contributed by atoms with Gasteiger partial charge in [-0.05, 0) is 33.6 Å². The van der Waals surface area contributed by atoms with Crippen molar-refractivity contribution in [2.45, 2.75) is 58.9 Å². The molecule has 2 amide bonds. The van der Waals surface area contributed by atoms with Gasteiger partial charge in [0.1, 0.15) is 6.61 Å². The summed E-state index contributed by atoms with van der Waals surface area (Å²) in [7, 11) is -3.01. The fraction of sp³-hybridized carbons (Fsp3) is 0.789. The van der Waals surface area contributed by atoms with Gasteiger partial charge < -0.3 is 28.2 Å². The minimum atomic E-state index is -3.01. The van der Waals surface area contributed by atoms with E-state index in [4.69, 9.17) is 18.0 Å². The number of rotatable bonds is 13. The molecule has 0 unspecified atom stereocenters. The number of hydrogen-bond donors (Lipinski definition) is 1. The molecular formula is C19H36N2O6Si. The minimum absolute atomic E-state index is 0.0973. The number of ether oxygens (including phenoxy) is 1. The Hall–Kier alpha value is -1.42. The van der Waals surface area contributed by atoms with Crippen molar-refractivity contribution in [3.8, 4) is 0 Å². The number of esters is 1. The Kier molecular flexibility index (Phi) is 12.0. The zero-order valence-corrected chi connectivity index (χ0v) is 18.5. The normalized spacial score (nSPS) is 15.1. The highest BCUT2D eigenvalue weighted by atomic mass is 28.4. The second kappa shape index (κ2) is 13.7. The quantitative estimate of drug-likeness (QED) is 0.215. The number of nitrogens with zero attached hydrogens (tertiary/aromatic N) is 1. The molecule has 1 aliphatic rings. The molecule has 162 valence electrons. The fourth-order valence-corrected chi connectivity index (χ4v) is 6.02. The number of carbonyl (C=O) groups excluding carboxylic acids is 2. The molecule has 0 radical (unpaired) electrons. The number of hydrogen-bond acceptors (Lipinski definition) is 6. The van der Waals surface area contributed by atoms with E-state index in [0.717, 1.165) is 31.8 Å². The Morgan fingerprint density at radius 2 is 1.64 bits per heavy atom. The van der Waals surface area contributed by atoms with E-state index in [0.29, 0.717) is 26.0 Å². The van der Waals surface area contributed by atoms with Crippen LogP contribution in [0.4, 0.5) is 4.79 Å². The third kappa shape index (κ3) is 8.30. The molecule has 1 rings (SSSR count). The largest absolute Gasteiger partial charge is 0.521 e. The Bertz CT molecular complexity index is 468. The van der Waals surface area contributed by atoms with Crippen molar-refractivity contribution in [1.82, 2.24) is 10.2 Å². The van der Waals surface area contributed by atoms with Crippen LogP contribution in [-0.4, -0.2) is 70.9 Å². The standard InChI is InChI=1S/C19H36N2O6Si/c1-5-18(22)24-15-14-20-19(23)21(17-12-10-9-11-13-17)16-28(25-6-2,26-7-3)27-8-4/h5,17H,1,6-16H2,2-4H3,(H,20,23). The van der Waals surface area contributed by atoms with Gasteiger partial charge in [-0.2, -0.15) is 0 Å². The van der Waals surface area contributed by atoms with Crippen LogP contribution in [0.25, 0.3) is 0 Å². The van der Waals surface area contributed by atoms with Crippen molar-refractivity contribution >= 4 is 20.8 Å². The van der Waals surface area contributed by atoms with E-state index in [1.165, 1.54) is 6.42 Å².